The van der Waals surface area contributed by atoms with Crippen LogP contribution in [0.3, 0.4) is 0 Å². The molecule has 8 nitrogen and oxygen atoms in total. The summed E-state index contributed by atoms with van der Waals surface area (Å²) in [6.07, 6.45) is 1.59. The highest BCUT2D eigenvalue weighted by molar-refractivity contribution is 9.10. The van der Waals surface area contributed by atoms with Gasteiger partial charge >= 0.3 is 5.97 Å². The molecule has 10 heteroatoms. The van der Waals surface area contributed by atoms with Gasteiger partial charge in [-0.2, -0.15) is 4.99 Å². The van der Waals surface area contributed by atoms with Gasteiger partial charge in [-0.15, -0.1) is 0 Å². The fraction of sp³-hybridized carbons (Fsp3) is 0.412. The van der Waals surface area contributed by atoms with Crippen LogP contribution in [0, 0.1) is 0 Å². The quantitative estimate of drug-likeness (QED) is 0.489. The van der Waals surface area contributed by atoms with Crippen molar-refractivity contribution in [2.24, 2.45) is 10.7 Å². The molecule has 2 atom stereocenters. The highest BCUT2D eigenvalue weighted by Gasteiger charge is 2.59. The Bertz CT molecular complexity index is 846. The highest BCUT2D eigenvalue weighted by atomic mass is 79.9. The van der Waals surface area contributed by atoms with Crippen molar-refractivity contribution in [2.75, 3.05) is 18.1 Å². The number of unbranched alkanes of at least 4 members (excludes halogenated alkanes) is 1. The number of aliphatic hydroxyl groups is 1. The predicted molar refractivity (Wildman–Crippen MR) is 104 cm³/mol. The maximum atomic E-state index is 13.1. The van der Waals surface area contributed by atoms with Gasteiger partial charge in [0.05, 0.1) is 12.3 Å². The maximum absolute atomic E-state index is 13.1. The maximum Gasteiger partial charge on any atom is 0.326 e. The third kappa shape index (κ3) is 3.48. The lowest BCUT2D eigenvalue weighted by molar-refractivity contribution is -0.145. The van der Waals surface area contributed by atoms with Crippen LogP contribution >= 0.6 is 27.7 Å². The van der Waals surface area contributed by atoms with E-state index in [4.69, 9.17) is 10.5 Å². The number of carbonyl (C=O) groups is 3. The number of carbonyl (C=O) groups excluding carboxylic acids is 3. The second-order valence-electron chi connectivity index (χ2n) is 6.18. The SMILES string of the molecule is CCCCOC(=O)CN1C(=O)C(O)(C2SC(N)=NC2=O)c2cc(Br)ccc21. The van der Waals surface area contributed by atoms with E-state index in [0.717, 1.165) is 29.5 Å². The molecular formula is C17H18BrN3O5S. The molecule has 3 N–H and O–H groups in total. The van der Waals surface area contributed by atoms with E-state index in [1.807, 2.05) is 6.92 Å². The van der Waals surface area contributed by atoms with Gasteiger partial charge in [-0.3, -0.25) is 19.3 Å². The lowest BCUT2D eigenvalue weighted by atomic mass is 9.91. The zero-order valence-corrected chi connectivity index (χ0v) is 16.9. The van der Waals surface area contributed by atoms with Gasteiger partial charge in [0, 0.05) is 10.0 Å². The van der Waals surface area contributed by atoms with Crippen molar-refractivity contribution < 1.29 is 24.2 Å². The Kier molecular flexibility index (Phi) is 5.59. The van der Waals surface area contributed by atoms with Crippen molar-refractivity contribution in [2.45, 2.75) is 30.6 Å². The van der Waals surface area contributed by atoms with E-state index in [-0.39, 0.29) is 23.9 Å². The van der Waals surface area contributed by atoms with Crippen molar-refractivity contribution in [3.63, 3.8) is 0 Å². The number of ether oxygens (including phenoxy) is 1. The number of aliphatic imine (C=N–C) groups is 1. The molecule has 0 aromatic heterocycles. The van der Waals surface area contributed by atoms with E-state index in [9.17, 15) is 19.5 Å². The number of anilines is 1. The summed E-state index contributed by atoms with van der Waals surface area (Å²) in [5.41, 5.74) is 3.99. The molecule has 2 aliphatic heterocycles. The zero-order valence-electron chi connectivity index (χ0n) is 14.5. The van der Waals surface area contributed by atoms with Crippen molar-refractivity contribution in [3.8, 4) is 0 Å². The number of hydrogen-bond donors (Lipinski definition) is 2. The number of amides is 2. The molecule has 144 valence electrons. The number of nitrogens with zero attached hydrogens (tertiary/aromatic N) is 2. The molecule has 2 aliphatic rings. The molecule has 0 bridgehead atoms. The number of nitrogens with two attached hydrogens (primary N) is 1. The molecule has 2 unspecified atom stereocenters. The predicted octanol–water partition coefficient (Wildman–Crippen LogP) is 1.28. The van der Waals surface area contributed by atoms with E-state index in [1.165, 1.54) is 0 Å². The number of halogens is 1. The first-order valence-corrected chi connectivity index (χ1v) is 10.0. The summed E-state index contributed by atoms with van der Waals surface area (Å²) >= 11 is 4.14. The largest absolute Gasteiger partial charge is 0.464 e. The molecule has 0 saturated heterocycles. The normalized spacial score (nSPS) is 24.2. The van der Waals surface area contributed by atoms with Crippen LogP contribution in [0.25, 0.3) is 0 Å². The second kappa shape index (κ2) is 7.61. The Morgan fingerprint density at radius 1 is 1.48 bits per heavy atom. The van der Waals surface area contributed by atoms with Gasteiger partial charge < -0.3 is 15.6 Å². The minimum Gasteiger partial charge on any atom is -0.464 e. The minimum atomic E-state index is -2.17. The van der Waals surface area contributed by atoms with Gasteiger partial charge in [0.15, 0.2) is 10.8 Å². The van der Waals surface area contributed by atoms with Crippen molar-refractivity contribution in [3.05, 3.63) is 28.2 Å². The number of hydrogen-bond acceptors (Lipinski definition) is 7. The molecule has 0 saturated carbocycles. The molecule has 0 radical (unpaired) electrons. The van der Waals surface area contributed by atoms with Crippen LogP contribution in [-0.2, 0) is 24.7 Å². The van der Waals surface area contributed by atoms with Gasteiger partial charge in [-0.25, -0.2) is 0 Å². The molecule has 1 aromatic rings. The first-order valence-electron chi connectivity index (χ1n) is 8.33. The summed E-state index contributed by atoms with van der Waals surface area (Å²) in [6.45, 7) is 1.87. The average molecular weight is 456 g/mol. The first-order chi connectivity index (χ1) is 12.8. The van der Waals surface area contributed by atoms with Crippen molar-refractivity contribution in [1.29, 1.82) is 0 Å². The minimum absolute atomic E-state index is 0.0137. The molecule has 0 spiro atoms. The summed E-state index contributed by atoms with van der Waals surface area (Å²) in [7, 11) is 0. The fourth-order valence-electron chi connectivity index (χ4n) is 3.02. The van der Waals surface area contributed by atoms with Crippen LogP contribution in [0.5, 0.6) is 0 Å². The Balaban J connectivity index is 1.94. The number of benzene rings is 1. The van der Waals surface area contributed by atoms with Crippen LogP contribution in [0.4, 0.5) is 5.69 Å². The first kappa shape index (κ1) is 19.8. The van der Waals surface area contributed by atoms with E-state index < -0.39 is 28.6 Å². The molecule has 27 heavy (non-hydrogen) atoms. The summed E-state index contributed by atoms with van der Waals surface area (Å²) in [6, 6.07) is 4.84. The molecule has 1 aromatic carbocycles. The summed E-state index contributed by atoms with van der Waals surface area (Å²) < 4.78 is 5.74. The molecule has 0 fully saturated rings. The lowest BCUT2D eigenvalue weighted by Gasteiger charge is -2.26. The molecule has 2 amide bonds. The van der Waals surface area contributed by atoms with Crippen LogP contribution in [0.1, 0.15) is 25.3 Å². The van der Waals surface area contributed by atoms with Gasteiger partial charge in [0.25, 0.3) is 11.8 Å². The van der Waals surface area contributed by atoms with Gasteiger partial charge in [0.1, 0.15) is 11.8 Å². The fourth-order valence-corrected chi connectivity index (χ4v) is 4.32. The van der Waals surface area contributed by atoms with E-state index >= 15 is 0 Å². The van der Waals surface area contributed by atoms with E-state index in [2.05, 4.69) is 20.9 Å². The van der Waals surface area contributed by atoms with Crippen LogP contribution in [0.2, 0.25) is 0 Å². The van der Waals surface area contributed by atoms with E-state index in [1.54, 1.807) is 18.2 Å². The second-order valence-corrected chi connectivity index (χ2v) is 8.22. The lowest BCUT2D eigenvalue weighted by Crippen LogP contribution is -2.50. The van der Waals surface area contributed by atoms with Gasteiger partial charge in [-0.05, 0) is 24.6 Å². The summed E-state index contributed by atoms with van der Waals surface area (Å²) in [5, 5.41) is 10.1. The Hall–Kier alpha value is -1.91. The van der Waals surface area contributed by atoms with Crippen LogP contribution in [0.15, 0.2) is 27.7 Å². The number of amidine groups is 1. The van der Waals surface area contributed by atoms with Gasteiger partial charge in [0.2, 0.25) is 0 Å². The average Bonchev–Trinajstić information content (AvgIpc) is 3.06. The summed E-state index contributed by atoms with van der Waals surface area (Å²) in [5.74, 6) is -2.05. The third-order valence-electron chi connectivity index (χ3n) is 4.34. The van der Waals surface area contributed by atoms with Crippen LogP contribution < -0.4 is 10.6 Å². The Morgan fingerprint density at radius 3 is 2.85 bits per heavy atom. The van der Waals surface area contributed by atoms with E-state index in [0.29, 0.717) is 10.2 Å². The van der Waals surface area contributed by atoms with Gasteiger partial charge in [-0.1, -0.05) is 41.0 Å². The Labute approximate surface area is 168 Å². The smallest absolute Gasteiger partial charge is 0.326 e. The third-order valence-corrected chi connectivity index (χ3v) is 5.95. The molecule has 2 heterocycles. The highest BCUT2D eigenvalue weighted by Crippen LogP contribution is 2.48. The number of esters is 1. The number of thioether (sulfide) groups is 1. The topological polar surface area (TPSA) is 122 Å². The number of rotatable bonds is 6. The Morgan fingerprint density at radius 2 is 2.22 bits per heavy atom. The van der Waals surface area contributed by atoms with Crippen LogP contribution in [-0.4, -0.2) is 46.5 Å². The molecule has 0 aliphatic carbocycles. The van der Waals surface area contributed by atoms with Crippen molar-refractivity contribution in [1.82, 2.24) is 0 Å². The zero-order chi connectivity index (χ0) is 19.8. The van der Waals surface area contributed by atoms with Crippen molar-refractivity contribution >= 4 is 56.3 Å². The monoisotopic (exact) mass is 455 g/mol. The standard InChI is InChI=1S/C17H18BrN3O5S/c1-2-3-6-26-12(22)8-21-11-5-4-9(18)7-10(11)17(25,15(21)24)13-14(23)20-16(19)27-13/h4-5,7,13,25H,2-3,6,8H2,1H3,(H2,19,20,23). The molecular weight excluding hydrogens is 438 g/mol. The summed E-state index contributed by atoms with van der Waals surface area (Å²) in [4.78, 5) is 42.2. The number of fused-ring (bicyclic) bond motifs is 1. The molecule has 3 rings (SSSR count).